The largest absolute Gasteiger partial charge is 0.331 e. The van der Waals surface area contributed by atoms with Gasteiger partial charge < -0.3 is 19.6 Å². The second-order valence-electron chi connectivity index (χ2n) is 8.73. The summed E-state index contributed by atoms with van der Waals surface area (Å²) in [6.07, 6.45) is 0.407. The first-order valence-electron chi connectivity index (χ1n) is 11.6. The first-order valence-corrected chi connectivity index (χ1v) is 11.6. The van der Waals surface area contributed by atoms with Crippen LogP contribution < -0.4 is 19.6 Å². The van der Waals surface area contributed by atoms with Crippen molar-refractivity contribution in [1.29, 1.82) is 0 Å². The zero-order valence-electron chi connectivity index (χ0n) is 19.0. The average Bonchev–Trinajstić information content (AvgIpc) is 3.31. The van der Waals surface area contributed by atoms with Crippen LogP contribution in [0.1, 0.15) is 13.8 Å². The van der Waals surface area contributed by atoms with E-state index in [4.69, 9.17) is 0 Å². The molecule has 0 amide bonds. The Hall–Kier alpha value is -3.92. The number of hydrogen-bond donors (Lipinski definition) is 0. The van der Waals surface area contributed by atoms with Gasteiger partial charge in [-0.2, -0.15) is 0 Å². The minimum atomic E-state index is 0.204. The summed E-state index contributed by atoms with van der Waals surface area (Å²) in [7, 11) is 0. The molecule has 0 unspecified atom stereocenters. The summed E-state index contributed by atoms with van der Waals surface area (Å²) >= 11 is 0. The lowest BCUT2D eigenvalue weighted by Crippen LogP contribution is -2.49. The average molecular weight is 433 g/mol. The van der Waals surface area contributed by atoms with Crippen LogP contribution in [-0.2, 0) is 0 Å². The molecule has 0 aromatic heterocycles. The van der Waals surface area contributed by atoms with Gasteiger partial charge in [0.1, 0.15) is 12.3 Å². The molecule has 4 heteroatoms. The summed E-state index contributed by atoms with van der Waals surface area (Å²) in [4.78, 5) is 9.92. The van der Waals surface area contributed by atoms with E-state index in [9.17, 15) is 0 Å². The molecule has 2 aliphatic rings. The van der Waals surface area contributed by atoms with Gasteiger partial charge in [0.15, 0.2) is 0 Å². The maximum Gasteiger partial charge on any atom is 0.105 e. The lowest BCUT2D eigenvalue weighted by atomic mass is 10.2. The number of hydrogen-bond acceptors (Lipinski definition) is 4. The normalized spacial score (nSPS) is 19.1. The Kier molecular flexibility index (Phi) is 4.72. The van der Waals surface area contributed by atoms with Crippen molar-refractivity contribution in [2.75, 3.05) is 26.3 Å². The summed E-state index contributed by atoms with van der Waals surface area (Å²) in [5.41, 5.74) is 7.52. The van der Waals surface area contributed by atoms with Gasteiger partial charge in [0.2, 0.25) is 0 Å². The fourth-order valence-electron chi connectivity index (χ4n) is 5.35. The first-order chi connectivity index (χ1) is 16.2. The van der Waals surface area contributed by atoms with Gasteiger partial charge in [-0.1, -0.05) is 60.7 Å². The first kappa shape index (κ1) is 19.7. The highest BCUT2D eigenvalue weighted by atomic mass is 15.5. The predicted molar refractivity (Wildman–Crippen MR) is 139 cm³/mol. The molecule has 0 spiro atoms. The molecule has 0 bridgehead atoms. The molecule has 4 aromatic carbocycles. The van der Waals surface area contributed by atoms with Crippen molar-refractivity contribution in [3.8, 4) is 0 Å². The summed E-state index contributed by atoms with van der Waals surface area (Å²) in [5, 5.41) is 0. The van der Waals surface area contributed by atoms with Crippen LogP contribution in [0, 0.1) is 0 Å². The summed E-state index contributed by atoms with van der Waals surface area (Å²) in [5.74, 6) is 0. The number of nitrogens with zero attached hydrogens (tertiary/aromatic N) is 4. The standard InChI is InChI=1S/C29H28N4/c1-22-30(26-17-9-11-19-28(26)32(22)24-13-5-3-6-14-24)21-31-23(2)33(25-15-7-4-8-16-25)29-20-12-10-18-27(29)31/h3-20,22-23H,21H2,1-2H3/t22-,23+. The number of fused-ring (bicyclic) bond motifs is 2. The minimum absolute atomic E-state index is 0.204. The van der Waals surface area contributed by atoms with Crippen molar-refractivity contribution < 1.29 is 0 Å². The van der Waals surface area contributed by atoms with Crippen LogP contribution in [-0.4, -0.2) is 19.0 Å². The molecule has 0 saturated heterocycles. The van der Waals surface area contributed by atoms with Gasteiger partial charge in [0, 0.05) is 11.4 Å². The molecule has 6 rings (SSSR count). The van der Waals surface area contributed by atoms with E-state index < -0.39 is 0 Å². The number of benzene rings is 4. The van der Waals surface area contributed by atoms with E-state index in [0.717, 1.165) is 6.67 Å². The monoisotopic (exact) mass is 432 g/mol. The quantitative estimate of drug-likeness (QED) is 0.346. The van der Waals surface area contributed by atoms with Gasteiger partial charge in [0.05, 0.1) is 29.4 Å². The zero-order chi connectivity index (χ0) is 22.4. The SMILES string of the molecule is C[C@@H]1N(CN2c3ccccc3N(c3ccccc3)[C@H]2C)c2ccccc2N1c1ccccc1. The van der Waals surface area contributed by atoms with Crippen molar-refractivity contribution in [2.24, 2.45) is 0 Å². The van der Waals surface area contributed by atoms with Gasteiger partial charge in [-0.25, -0.2) is 0 Å². The Balaban J connectivity index is 1.38. The molecule has 0 aliphatic carbocycles. The molecule has 0 fully saturated rings. The minimum Gasteiger partial charge on any atom is -0.331 e. The Morgan fingerprint density at radius 1 is 0.455 bits per heavy atom. The highest BCUT2D eigenvalue weighted by molar-refractivity contribution is 5.86. The van der Waals surface area contributed by atoms with Crippen molar-refractivity contribution >= 4 is 34.1 Å². The fourth-order valence-corrected chi connectivity index (χ4v) is 5.35. The van der Waals surface area contributed by atoms with Crippen LogP contribution in [0.3, 0.4) is 0 Å². The van der Waals surface area contributed by atoms with Crippen molar-refractivity contribution in [3.05, 3.63) is 109 Å². The molecule has 0 N–H and O–H groups in total. The van der Waals surface area contributed by atoms with E-state index in [1.165, 1.54) is 34.1 Å². The van der Waals surface area contributed by atoms with Crippen LogP contribution >= 0.6 is 0 Å². The number of rotatable bonds is 4. The molecule has 164 valence electrons. The summed E-state index contributed by atoms with van der Waals surface area (Å²) in [6.45, 7) is 5.41. The van der Waals surface area contributed by atoms with Gasteiger partial charge in [-0.05, 0) is 62.4 Å². The molecule has 0 saturated carbocycles. The second kappa shape index (κ2) is 7.89. The maximum absolute atomic E-state index is 2.52. The Labute approximate surface area is 195 Å². The maximum atomic E-state index is 2.52. The van der Waals surface area contributed by atoms with E-state index in [2.05, 4.69) is 143 Å². The molecule has 2 heterocycles. The molecule has 4 nitrogen and oxygen atoms in total. The zero-order valence-corrected chi connectivity index (χ0v) is 19.0. The van der Waals surface area contributed by atoms with Crippen molar-refractivity contribution in [1.82, 2.24) is 0 Å². The summed E-state index contributed by atoms with van der Waals surface area (Å²) in [6, 6.07) is 38.9. The van der Waals surface area contributed by atoms with Crippen LogP contribution in [0.4, 0.5) is 34.1 Å². The summed E-state index contributed by atoms with van der Waals surface area (Å²) < 4.78 is 0. The van der Waals surface area contributed by atoms with Crippen molar-refractivity contribution in [2.45, 2.75) is 26.2 Å². The van der Waals surface area contributed by atoms with E-state index in [-0.39, 0.29) is 12.3 Å². The highest BCUT2D eigenvalue weighted by Crippen LogP contribution is 2.47. The Morgan fingerprint density at radius 2 is 0.788 bits per heavy atom. The molecule has 4 aromatic rings. The van der Waals surface area contributed by atoms with Crippen LogP contribution in [0.25, 0.3) is 0 Å². The number of anilines is 6. The lowest BCUT2D eigenvalue weighted by Gasteiger charge is -2.37. The van der Waals surface area contributed by atoms with Crippen molar-refractivity contribution in [3.63, 3.8) is 0 Å². The Morgan fingerprint density at radius 3 is 1.18 bits per heavy atom. The smallest absolute Gasteiger partial charge is 0.105 e. The second-order valence-corrected chi connectivity index (χ2v) is 8.73. The van der Waals surface area contributed by atoms with Gasteiger partial charge >= 0.3 is 0 Å². The van der Waals surface area contributed by atoms with E-state index in [1.54, 1.807) is 0 Å². The fraction of sp³-hybridized carbons (Fsp3) is 0.172. The van der Waals surface area contributed by atoms with Gasteiger partial charge in [0.25, 0.3) is 0 Å². The Bertz CT molecular complexity index is 1160. The molecule has 2 atom stereocenters. The third-order valence-corrected chi connectivity index (χ3v) is 6.92. The van der Waals surface area contributed by atoms with Crippen LogP contribution in [0.2, 0.25) is 0 Å². The lowest BCUT2D eigenvalue weighted by molar-refractivity contribution is 0.607. The third kappa shape index (κ3) is 3.13. The molecular formula is C29H28N4. The van der Waals surface area contributed by atoms with E-state index in [1.807, 2.05) is 0 Å². The third-order valence-electron chi connectivity index (χ3n) is 6.92. The molecule has 0 radical (unpaired) electrons. The van der Waals surface area contributed by atoms with E-state index >= 15 is 0 Å². The van der Waals surface area contributed by atoms with Gasteiger partial charge in [-0.15, -0.1) is 0 Å². The number of para-hydroxylation sites is 6. The molecular weight excluding hydrogens is 404 g/mol. The predicted octanol–water partition coefficient (Wildman–Crippen LogP) is 6.95. The topological polar surface area (TPSA) is 13.0 Å². The van der Waals surface area contributed by atoms with Crippen LogP contribution in [0.5, 0.6) is 0 Å². The highest BCUT2D eigenvalue weighted by Gasteiger charge is 2.39. The van der Waals surface area contributed by atoms with E-state index in [0.29, 0.717) is 0 Å². The van der Waals surface area contributed by atoms with Crippen LogP contribution in [0.15, 0.2) is 109 Å². The molecule has 2 aliphatic heterocycles. The van der Waals surface area contributed by atoms with Gasteiger partial charge in [-0.3, -0.25) is 0 Å². The molecule has 33 heavy (non-hydrogen) atoms.